The van der Waals surface area contributed by atoms with E-state index in [1.807, 2.05) is 30.3 Å². The van der Waals surface area contributed by atoms with Crippen molar-refractivity contribution in [3.8, 4) is 0 Å². The summed E-state index contributed by atoms with van der Waals surface area (Å²) in [6.45, 7) is 6.38. The van der Waals surface area contributed by atoms with Crippen molar-refractivity contribution in [2.45, 2.75) is 39.5 Å². The highest BCUT2D eigenvalue weighted by atomic mass is 16.1. The lowest BCUT2D eigenvalue weighted by Gasteiger charge is -2.15. The third-order valence-corrected chi connectivity index (χ3v) is 5.79. The van der Waals surface area contributed by atoms with Crippen LogP contribution in [0.15, 0.2) is 54.7 Å². The van der Waals surface area contributed by atoms with E-state index in [0.29, 0.717) is 28.6 Å². The van der Waals surface area contributed by atoms with E-state index in [1.165, 1.54) is 5.56 Å². The molecule has 164 valence electrons. The fourth-order valence-corrected chi connectivity index (χ4v) is 3.94. The van der Waals surface area contributed by atoms with E-state index >= 15 is 0 Å². The summed E-state index contributed by atoms with van der Waals surface area (Å²) in [6, 6.07) is 15.1. The summed E-state index contributed by atoms with van der Waals surface area (Å²) in [5, 5.41) is 14.8. The molecule has 0 aliphatic heterocycles. The van der Waals surface area contributed by atoms with Gasteiger partial charge >= 0.3 is 0 Å². The lowest BCUT2D eigenvalue weighted by atomic mass is 9.97. The Labute approximate surface area is 188 Å². The second-order valence-corrected chi connectivity index (χ2v) is 8.69. The lowest BCUT2D eigenvalue weighted by molar-refractivity contribution is 0.102. The first kappa shape index (κ1) is 21.6. The first-order valence-electron chi connectivity index (χ1n) is 11.0. The molecule has 0 bridgehead atoms. The minimum absolute atomic E-state index is 0.175. The van der Waals surface area contributed by atoms with Crippen molar-refractivity contribution in [2.24, 2.45) is 5.92 Å². The minimum Gasteiger partial charge on any atom is -0.383 e. The van der Waals surface area contributed by atoms with Gasteiger partial charge in [-0.3, -0.25) is 4.79 Å². The Morgan fingerprint density at radius 3 is 2.59 bits per heavy atom. The molecule has 32 heavy (non-hydrogen) atoms. The molecule has 0 spiro atoms. The first-order valence-corrected chi connectivity index (χ1v) is 11.0. The van der Waals surface area contributed by atoms with Gasteiger partial charge in [0.05, 0.1) is 11.3 Å². The van der Waals surface area contributed by atoms with Gasteiger partial charge in [-0.2, -0.15) is 0 Å². The molecule has 1 amide bonds. The maximum atomic E-state index is 12.9. The molecule has 1 aliphatic carbocycles. The van der Waals surface area contributed by atoms with Crippen molar-refractivity contribution < 1.29 is 4.79 Å². The fraction of sp³-hybridized carbons (Fsp3) is 0.269. The van der Waals surface area contributed by atoms with Gasteiger partial charge in [-0.15, -0.1) is 0 Å². The van der Waals surface area contributed by atoms with Crippen LogP contribution < -0.4 is 16.4 Å². The molecule has 0 radical (unpaired) electrons. The van der Waals surface area contributed by atoms with Gasteiger partial charge in [-0.1, -0.05) is 26.0 Å². The van der Waals surface area contributed by atoms with E-state index in [2.05, 4.69) is 42.5 Å². The van der Waals surface area contributed by atoms with E-state index < -0.39 is 0 Å². The van der Waals surface area contributed by atoms with Crippen molar-refractivity contribution in [1.82, 2.24) is 4.98 Å². The number of amides is 1. The Balaban J connectivity index is 1.53. The Morgan fingerprint density at radius 1 is 1.12 bits per heavy atom. The number of nitrogen functional groups attached to an aromatic ring is 1. The summed E-state index contributed by atoms with van der Waals surface area (Å²) in [6.07, 6.45) is 3.65. The van der Waals surface area contributed by atoms with Crippen molar-refractivity contribution in [3.05, 3.63) is 77.0 Å². The molecule has 1 heterocycles. The molecule has 0 unspecified atom stereocenters. The molecular formula is C26H29N5O. The van der Waals surface area contributed by atoms with Gasteiger partial charge in [0.2, 0.25) is 0 Å². The van der Waals surface area contributed by atoms with Crippen LogP contribution in [-0.4, -0.2) is 16.6 Å². The Kier molecular flexibility index (Phi) is 5.95. The number of hydrogen-bond donors (Lipinski definition) is 4. The van der Waals surface area contributed by atoms with Gasteiger partial charge in [0.1, 0.15) is 5.82 Å². The van der Waals surface area contributed by atoms with E-state index in [1.54, 1.807) is 18.3 Å². The predicted octanol–water partition coefficient (Wildman–Crippen LogP) is 5.87. The standard InChI is InChI=1S/C26H29N5O/c1-15(2)21-10-9-20(13-16(21)3)31-26(32)18-5-4-6-19(14-18)30-22-11-12-29-25(28)23(22)24(27)17-7-8-17/h4-6,9-15,17,27H,7-8H2,1-3H3,(H,31,32)(H3,28,29,30). The molecule has 1 fully saturated rings. The summed E-state index contributed by atoms with van der Waals surface area (Å²) in [7, 11) is 0. The van der Waals surface area contributed by atoms with Crippen molar-refractivity contribution in [2.75, 3.05) is 16.4 Å². The number of benzene rings is 2. The van der Waals surface area contributed by atoms with Crippen molar-refractivity contribution in [3.63, 3.8) is 0 Å². The maximum absolute atomic E-state index is 12.9. The molecule has 4 rings (SSSR count). The molecule has 6 nitrogen and oxygen atoms in total. The number of aromatic nitrogens is 1. The van der Waals surface area contributed by atoms with Crippen LogP contribution in [0.25, 0.3) is 0 Å². The Morgan fingerprint density at radius 2 is 1.91 bits per heavy atom. The second-order valence-electron chi connectivity index (χ2n) is 8.69. The number of aryl methyl sites for hydroxylation is 1. The highest BCUT2D eigenvalue weighted by Gasteiger charge is 2.30. The molecule has 2 aromatic carbocycles. The minimum atomic E-state index is -0.175. The van der Waals surface area contributed by atoms with Gasteiger partial charge in [-0.05, 0) is 73.2 Å². The van der Waals surface area contributed by atoms with Crippen LogP contribution in [-0.2, 0) is 0 Å². The summed E-state index contributed by atoms with van der Waals surface area (Å²) >= 11 is 0. The van der Waals surface area contributed by atoms with Crippen LogP contribution in [0.3, 0.4) is 0 Å². The van der Waals surface area contributed by atoms with Gasteiger partial charge in [0.25, 0.3) is 5.91 Å². The van der Waals surface area contributed by atoms with Gasteiger partial charge in [0.15, 0.2) is 0 Å². The maximum Gasteiger partial charge on any atom is 0.255 e. The van der Waals surface area contributed by atoms with Crippen molar-refractivity contribution >= 4 is 34.5 Å². The molecular weight excluding hydrogens is 398 g/mol. The third kappa shape index (κ3) is 4.64. The normalized spacial score (nSPS) is 13.1. The highest BCUT2D eigenvalue weighted by molar-refractivity contribution is 6.09. The molecule has 0 saturated heterocycles. The number of nitrogens with zero attached hydrogens (tertiary/aromatic N) is 1. The van der Waals surface area contributed by atoms with Crippen LogP contribution in [0.2, 0.25) is 0 Å². The fourth-order valence-electron chi connectivity index (χ4n) is 3.94. The van der Waals surface area contributed by atoms with Crippen LogP contribution in [0, 0.1) is 18.3 Å². The SMILES string of the molecule is Cc1cc(NC(=O)c2cccc(Nc3ccnc(N)c3C(=N)C3CC3)c2)ccc1C(C)C. The van der Waals surface area contributed by atoms with Crippen LogP contribution in [0.4, 0.5) is 22.9 Å². The number of carbonyl (C=O) groups excluding carboxylic acids is 1. The summed E-state index contributed by atoms with van der Waals surface area (Å²) in [4.78, 5) is 17.0. The topological polar surface area (TPSA) is 104 Å². The zero-order valence-corrected chi connectivity index (χ0v) is 18.7. The summed E-state index contributed by atoms with van der Waals surface area (Å²) in [5.41, 5.74) is 12.5. The first-order chi connectivity index (χ1) is 15.3. The van der Waals surface area contributed by atoms with Crippen molar-refractivity contribution in [1.29, 1.82) is 5.41 Å². The van der Waals surface area contributed by atoms with E-state index in [-0.39, 0.29) is 11.8 Å². The Bertz CT molecular complexity index is 1180. The zero-order chi connectivity index (χ0) is 22.8. The average molecular weight is 428 g/mol. The smallest absolute Gasteiger partial charge is 0.255 e. The Hall–Kier alpha value is -3.67. The van der Waals surface area contributed by atoms with Gasteiger partial charge < -0.3 is 21.8 Å². The zero-order valence-electron chi connectivity index (χ0n) is 18.7. The van der Waals surface area contributed by atoms with Gasteiger partial charge in [-0.25, -0.2) is 4.98 Å². The van der Waals surface area contributed by atoms with Crippen LogP contribution in [0.5, 0.6) is 0 Å². The quantitative estimate of drug-likeness (QED) is 0.354. The third-order valence-electron chi connectivity index (χ3n) is 5.79. The van der Waals surface area contributed by atoms with Gasteiger partial charge in [0, 0.05) is 34.8 Å². The van der Waals surface area contributed by atoms with Crippen LogP contribution >= 0.6 is 0 Å². The summed E-state index contributed by atoms with van der Waals surface area (Å²) in [5.74, 6) is 0.868. The van der Waals surface area contributed by atoms with E-state index in [4.69, 9.17) is 11.1 Å². The van der Waals surface area contributed by atoms with E-state index in [9.17, 15) is 4.79 Å². The molecule has 5 N–H and O–H groups in total. The predicted molar refractivity (Wildman–Crippen MR) is 131 cm³/mol. The number of nitrogens with one attached hydrogen (secondary N) is 3. The van der Waals surface area contributed by atoms with E-state index in [0.717, 1.165) is 35.5 Å². The number of rotatable bonds is 7. The lowest BCUT2D eigenvalue weighted by Crippen LogP contribution is -2.13. The second kappa shape index (κ2) is 8.83. The number of carbonyl (C=O) groups is 1. The molecule has 1 saturated carbocycles. The average Bonchev–Trinajstić information content (AvgIpc) is 3.59. The number of pyridine rings is 1. The molecule has 1 aliphatic rings. The number of hydrogen-bond acceptors (Lipinski definition) is 5. The number of nitrogens with two attached hydrogens (primary N) is 1. The number of anilines is 4. The monoisotopic (exact) mass is 427 g/mol. The molecule has 0 atom stereocenters. The molecule has 1 aromatic heterocycles. The summed E-state index contributed by atoms with van der Waals surface area (Å²) < 4.78 is 0. The molecule has 6 heteroatoms. The highest BCUT2D eigenvalue weighted by Crippen LogP contribution is 2.36. The largest absolute Gasteiger partial charge is 0.383 e. The molecule has 3 aromatic rings. The van der Waals surface area contributed by atoms with Crippen LogP contribution in [0.1, 0.15) is 59.7 Å².